The van der Waals surface area contributed by atoms with Crippen molar-refractivity contribution >= 4 is 32.6 Å². The van der Waals surface area contributed by atoms with E-state index in [1.165, 1.54) is 77.2 Å². The highest BCUT2D eigenvalue weighted by atomic mass is 15.1. The molecule has 1 spiro atoms. The van der Waals surface area contributed by atoms with E-state index in [9.17, 15) is 0 Å². The fourth-order valence-electron chi connectivity index (χ4n) is 9.26. The first-order valence-corrected chi connectivity index (χ1v) is 17.1. The van der Waals surface area contributed by atoms with Crippen LogP contribution in [0.2, 0.25) is 0 Å². The lowest BCUT2D eigenvalue weighted by atomic mass is 9.70. The van der Waals surface area contributed by atoms with Crippen molar-refractivity contribution in [2.24, 2.45) is 0 Å². The predicted molar refractivity (Wildman–Crippen MR) is 203 cm³/mol. The Morgan fingerprint density at radius 2 is 1.08 bits per heavy atom. The summed E-state index contributed by atoms with van der Waals surface area (Å²) in [7, 11) is 0. The maximum absolute atomic E-state index is 4.83. The molecular formula is C47H30N2. The summed E-state index contributed by atoms with van der Waals surface area (Å²) in [6, 6.07) is 60.8. The minimum Gasteiger partial charge on any atom is -0.297 e. The van der Waals surface area contributed by atoms with Crippen LogP contribution in [-0.4, -0.2) is 9.55 Å². The second-order valence-electron chi connectivity index (χ2n) is 13.5. The quantitative estimate of drug-likeness (QED) is 0.188. The molecular weight excluding hydrogens is 593 g/mol. The highest BCUT2D eigenvalue weighted by molar-refractivity contribution is 6.16. The van der Waals surface area contributed by atoms with Crippen molar-refractivity contribution < 1.29 is 0 Å². The smallest absolute Gasteiger partial charge is 0.111 e. The molecule has 2 heteroatoms. The molecule has 0 unspecified atom stereocenters. The molecule has 1 heterocycles. The molecule has 0 aliphatic heterocycles. The van der Waals surface area contributed by atoms with Gasteiger partial charge in [-0.1, -0.05) is 133 Å². The Morgan fingerprint density at radius 1 is 0.469 bits per heavy atom. The summed E-state index contributed by atoms with van der Waals surface area (Å²) < 4.78 is 2.25. The summed E-state index contributed by atoms with van der Waals surface area (Å²) in [6.07, 6.45) is 0. The van der Waals surface area contributed by atoms with E-state index in [1.807, 2.05) is 0 Å². The third-order valence-electron chi connectivity index (χ3n) is 11.1. The van der Waals surface area contributed by atoms with Crippen LogP contribution in [0, 0.1) is 6.92 Å². The third kappa shape index (κ3) is 3.38. The highest BCUT2D eigenvalue weighted by Crippen LogP contribution is 2.65. The Bertz CT molecular complexity index is 2790. The van der Waals surface area contributed by atoms with E-state index in [-0.39, 0.29) is 0 Å². The van der Waals surface area contributed by atoms with E-state index in [4.69, 9.17) is 4.98 Å². The molecule has 0 bridgehead atoms. The molecule has 228 valence electrons. The van der Waals surface area contributed by atoms with Crippen LogP contribution in [0.4, 0.5) is 0 Å². The zero-order valence-electron chi connectivity index (χ0n) is 27.0. The Morgan fingerprint density at radius 3 is 1.86 bits per heavy atom. The first-order valence-electron chi connectivity index (χ1n) is 17.1. The van der Waals surface area contributed by atoms with Gasteiger partial charge >= 0.3 is 0 Å². The lowest BCUT2D eigenvalue weighted by molar-refractivity contribution is 0.795. The van der Waals surface area contributed by atoms with Gasteiger partial charge in [0.2, 0.25) is 0 Å². The number of rotatable bonds is 2. The zero-order chi connectivity index (χ0) is 32.3. The lowest BCUT2D eigenvalue weighted by Gasteiger charge is -2.31. The standard InChI is InChI=1S/C47H30N2/c1-29-48-43-20-10-11-21-44(43)49(29)32-25-22-31(23-26-32)38-28-42-46(37-17-5-4-14-34(37)38)45-33-13-3-2-12-30(33)24-27-41(45)47(42)39-18-8-6-15-35(39)36-16-7-9-19-40(36)47/h2-28H,1H3. The lowest BCUT2D eigenvalue weighted by Crippen LogP contribution is -2.26. The van der Waals surface area contributed by atoms with Gasteiger partial charge in [-0.15, -0.1) is 0 Å². The van der Waals surface area contributed by atoms with E-state index in [1.54, 1.807) is 0 Å². The van der Waals surface area contributed by atoms with E-state index in [2.05, 4.69) is 175 Å². The predicted octanol–water partition coefficient (Wildman–Crippen LogP) is 11.7. The van der Waals surface area contributed by atoms with Crippen LogP contribution in [0.15, 0.2) is 164 Å². The molecule has 0 N–H and O–H groups in total. The molecule has 2 nitrogen and oxygen atoms in total. The molecule has 0 saturated heterocycles. The fourth-order valence-corrected chi connectivity index (χ4v) is 9.26. The number of hydrogen-bond acceptors (Lipinski definition) is 1. The van der Waals surface area contributed by atoms with E-state index in [0.29, 0.717) is 0 Å². The Kier molecular flexibility index (Phi) is 5.28. The summed E-state index contributed by atoms with van der Waals surface area (Å²) >= 11 is 0. The minimum absolute atomic E-state index is 0.423. The highest BCUT2D eigenvalue weighted by Gasteiger charge is 2.52. The van der Waals surface area contributed by atoms with Crippen LogP contribution < -0.4 is 0 Å². The first kappa shape index (κ1) is 26.8. The number of para-hydroxylation sites is 2. The van der Waals surface area contributed by atoms with Crippen LogP contribution in [0.1, 0.15) is 28.1 Å². The number of hydrogen-bond donors (Lipinski definition) is 0. The van der Waals surface area contributed by atoms with Crippen LogP contribution in [0.25, 0.3) is 71.6 Å². The van der Waals surface area contributed by atoms with E-state index >= 15 is 0 Å². The van der Waals surface area contributed by atoms with Crippen molar-refractivity contribution in [1.29, 1.82) is 0 Å². The van der Waals surface area contributed by atoms with Gasteiger partial charge in [0.05, 0.1) is 16.4 Å². The van der Waals surface area contributed by atoms with Crippen LogP contribution >= 0.6 is 0 Å². The van der Waals surface area contributed by atoms with Gasteiger partial charge in [-0.05, 0) is 114 Å². The molecule has 2 aliphatic rings. The number of nitrogens with zero attached hydrogens (tertiary/aromatic N) is 2. The number of aromatic nitrogens is 2. The average Bonchev–Trinajstić information content (AvgIpc) is 3.77. The molecule has 9 aromatic rings. The maximum atomic E-state index is 4.83. The summed E-state index contributed by atoms with van der Waals surface area (Å²) in [5.74, 6) is 0.988. The number of benzene rings is 8. The molecule has 0 saturated carbocycles. The Balaban J connectivity index is 1.24. The van der Waals surface area contributed by atoms with Gasteiger partial charge in [-0.2, -0.15) is 0 Å². The monoisotopic (exact) mass is 622 g/mol. The van der Waals surface area contributed by atoms with Crippen molar-refractivity contribution in [2.75, 3.05) is 0 Å². The second-order valence-corrected chi connectivity index (χ2v) is 13.5. The molecule has 0 atom stereocenters. The van der Waals surface area contributed by atoms with E-state index < -0.39 is 5.41 Å². The summed E-state index contributed by atoms with van der Waals surface area (Å²) in [5, 5.41) is 5.15. The summed E-state index contributed by atoms with van der Waals surface area (Å²) in [6.45, 7) is 2.08. The van der Waals surface area contributed by atoms with Crippen molar-refractivity contribution in [2.45, 2.75) is 12.3 Å². The second kappa shape index (κ2) is 9.65. The molecule has 1 aromatic heterocycles. The van der Waals surface area contributed by atoms with Crippen molar-refractivity contribution in [3.63, 3.8) is 0 Å². The minimum atomic E-state index is -0.423. The van der Waals surface area contributed by atoms with Gasteiger partial charge in [0.1, 0.15) is 5.82 Å². The van der Waals surface area contributed by atoms with Crippen molar-refractivity contribution in [1.82, 2.24) is 9.55 Å². The zero-order valence-corrected chi connectivity index (χ0v) is 27.0. The Hall–Kier alpha value is -6.25. The van der Waals surface area contributed by atoms with Crippen molar-refractivity contribution in [3.05, 3.63) is 192 Å². The molecule has 0 radical (unpaired) electrons. The SMILES string of the molecule is Cc1nc2ccccc2n1-c1ccc(-c2cc3c(c4ccccc24)-c2c(ccc4ccccc24)C32c3ccccc3-c3ccccc32)cc1. The van der Waals surface area contributed by atoms with Gasteiger partial charge in [0.15, 0.2) is 0 Å². The van der Waals surface area contributed by atoms with Gasteiger partial charge in [-0.25, -0.2) is 4.98 Å². The van der Waals surface area contributed by atoms with Gasteiger partial charge in [0, 0.05) is 5.69 Å². The van der Waals surface area contributed by atoms with Gasteiger partial charge < -0.3 is 0 Å². The molecule has 11 rings (SSSR count). The van der Waals surface area contributed by atoms with Gasteiger partial charge in [-0.3, -0.25) is 4.57 Å². The molecule has 8 aromatic carbocycles. The van der Waals surface area contributed by atoms with Crippen LogP contribution in [0.3, 0.4) is 0 Å². The number of fused-ring (bicyclic) bond motifs is 15. The normalized spacial score (nSPS) is 13.6. The molecule has 49 heavy (non-hydrogen) atoms. The third-order valence-corrected chi connectivity index (χ3v) is 11.1. The average molecular weight is 623 g/mol. The first-order chi connectivity index (χ1) is 24.2. The topological polar surface area (TPSA) is 17.8 Å². The van der Waals surface area contributed by atoms with Gasteiger partial charge in [0.25, 0.3) is 0 Å². The maximum Gasteiger partial charge on any atom is 0.111 e. The fraction of sp³-hybridized carbons (Fsp3) is 0.0426. The Labute approximate surface area is 284 Å². The summed E-state index contributed by atoms with van der Waals surface area (Å²) in [4.78, 5) is 4.83. The van der Waals surface area contributed by atoms with Crippen LogP contribution in [0.5, 0.6) is 0 Å². The molecule has 2 aliphatic carbocycles. The molecule has 0 fully saturated rings. The van der Waals surface area contributed by atoms with E-state index in [0.717, 1.165) is 22.5 Å². The van der Waals surface area contributed by atoms with Crippen LogP contribution in [-0.2, 0) is 5.41 Å². The number of aryl methyl sites for hydroxylation is 1. The molecule has 0 amide bonds. The summed E-state index contributed by atoms with van der Waals surface area (Å²) in [5.41, 5.74) is 16.1. The number of imidazole rings is 1. The largest absolute Gasteiger partial charge is 0.297 e. The van der Waals surface area contributed by atoms with Crippen molar-refractivity contribution in [3.8, 4) is 39.1 Å².